The molecule has 3 heteroatoms. The van der Waals surface area contributed by atoms with Crippen LogP contribution in [0.2, 0.25) is 0 Å². The summed E-state index contributed by atoms with van der Waals surface area (Å²) in [7, 11) is 0. The molecule has 0 bridgehead atoms. The predicted molar refractivity (Wildman–Crippen MR) is 47.3 cm³/mol. The number of carbonyl (C=O) groups excluding carboxylic acids is 1. The Kier molecular flexibility index (Phi) is 2.65. The summed E-state index contributed by atoms with van der Waals surface area (Å²) in [6.07, 6.45) is 6.76. The zero-order chi connectivity index (χ0) is 9.15. The fourth-order valence-electron chi connectivity index (χ4n) is 2.18. The smallest absolute Gasteiger partial charge is 0.169 e. The summed E-state index contributed by atoms with van der Waals surface area (Å²) in [5.74, 6) is -0.401. The van der Waals surface area contributed by atoms with Crippen LogP contribution in [0.1, 0.15) is 38.5 Å². The Bertz CT molecular complexity index is 179. The van der Waals surface area contributed by atoms with Crippen molar-refractivity contribution in [2.45, 2.75) is 50.4 Å². The van der Waals surface area contributed by atoms with E-state index in [4.69, 9.17) is 9.47 Å². The van der Waals surface area contributed by atoms with Crippen LogP contribution in [-0.4, -0.2) is 24.8 Å². The molecule has 0 amide bonds. The normalized spacial score (nSPS) is 40.5. The molecule has 0 saturated carbocycles. The van der Waals surface area contributed by atoms with E-state index in [1.807, 2.05) is 0 Å². The second-order valence-electron chi connectivity index (χ2n) is 3.90. The maximum absolute atomic E-state index is 10.6. The van der Waals surface area contributed by atoms with Gasteiger partial charge >= 0.3 is 0 Å². The molecular weight excluding hydrogens is 168 g/mol. The Morgan fingerprint density at radius 2 is 2.08 bits per heavy atom. The minimum Gasteiger partial charge on any atom is -0.350 e. The summed E-state index contributed by atoms with van der Waals surface area (Å²) in [5.41, 5.74) is 0. The van der Waals surface area contributed by atoms with E-state index in [1.165, 1.54) is 0 Å². The first-order valence-corrected chi connectivity index (χ1v) is 5.12. The van der Waals surface area contributed by atoms with Crippen LogP contribution in [0.3, 0.4) is 0 Å². The molecule has 13 heavy (non-hydrogen) atoms. The molecule has 0 radical (unpaired) electrons. The zero-order valence-corrected chi connectivity index (χ0v) is 7.83. The van der Waals surface area contributed by atoms with Gasteiger partial charge in [-0.1, -0.05) is 0 Å². The molecule has 0 aliphatic carbocycles. The van der Waals surface area contributed by atoms with E-state index in [0.717, 1.165) is 51.4 Å². The van der Waals surface area contributed by atoms with Crippen LogP contribution >= 0.6 is 0 Å². The molecule has 1 spiro atoms. The minimum atomic E-state index is -0.401. The van der Waals surface area contributed by atoms with Crippen molar-refractivity contribution >= 4 is 6.29 Å². The van der Waals surface area contributed by atoms with E-state index in [9.17, 15) is 4.79 Å². The predicted octanol–water partition coefficient (Wildman–Crippen LogP) is 1.65. The molecule has 2 atom stereocenters. The standard InChI is InChI=1S/C10H16O3/c11-8-9-4-3-6-10(13-9)5-1-2-7-12-10/h8-9H,1-7H2/t9-,10-/m0/s1. The van der Waals surface area contributed by atoms with Crippen molar-refractivity contribution in [1.82, 2.24) is 0 Å². The number of ether oxygens (including phenoxy) is 2. The molecule has 3 nitrogen and oxygen atoms in total. The lowest BCUT2D eigenvalue weighted by Gasteiger charge is -2.41. The quantitative estimate of drug-likeness (QED) is 0.581. The number of aldehydes is 1. The average molecular weight is 184 g/mol. The third-order valence-corrected chi connectivity index (χ3v) is 2.88. The molecule has 2 saturated heterocycles. The largest absolute Gasteiger partial charge is 0.350 e. The molecule has 0 aromatic rings. The Morgan fingerprint density at radius 3 is 2.77 bits per heavy atom. The number of hydrogen-bond acceptors (Lipinski definition) is 3. The minimum absolute atomic E-state index is 0.230. The highest BCUT2D eigenvalue weighted by Crippen LogP contribution is 2.36. The van der Waals surface area contributed by atoms with Gasteiger partial charge in [0.15, 0.2) is 5.79 Å². The first-order chi connectivity index (χ1) is 6.35. The van der Waals surface area contributed by atoms with Gasteiger partial charge in [0.2, 0.25) is 0 Å². The summed E-state index contributed by atoms with van der Waals surface area (Å²) < 4.78 is 11.3. The van der Waals surface area contributed by atoms with Crippen LogP contribution in [0.4, 0.5) is 0 Å². The summed E-state index contributed by atoms with van der Waals surface area (Å²) in [5, 5.41) is 0. The van der Waals surface area contributed by atoms with Crippen molar-refractivity contribution in [2.75, 3.05) is 6.61 Å². The van der Waals surface area contributed by atoms with E-state index < -0.39 is 5.79 Å². The maximum atomic E-state index is 10.6. The molecule has 2 aliphatic heterocycles. The van der Waals surface area contributed by atoms with Crippen LogP contribution in [0.25, 0.3) is 0 Å². The lowest BCUT2D eigenvalue weighted by Crippen LogP contribution is -2.45. The zero-order valence-electron chi connectivity index (χ0n) is 7.83. The van der Waals surface area contributed by atoms with Crippen molar-refractivity contribution in [1.29, 1.82) is 0 Å². The number of rotatable bonds is 1. The fourth-order valence-corrected chi connectivity index (χ4v) is 2.18. The van der Waals surface area contributed by atoms with Gasteiger partial charge in [0.1, 0.15) is 12.4 Å². The van der Waals surface area contributed by atoms with Gasteiger partial charge in [-0.05, 0) is 25.7 Å². The van der Waals surface area contributed by atoms with Crippen LogP contribution in [-0.2, 0) is 14.3 Å². The monoisotopic (exact) mass is 184 g/mol. The van der Waals surface area contributed by atoms with Gasteiger partial charge in [-0.3, -0.25) is 0 Å². The lowest BCUT2D eigenvalue weighted by atomic mass is 9.95. The van der Waals surface area contributed by atoms with Crippen LogP contribution in [0.5, 0.6) is 0 Å². The fraction of sp³-hybridized carbons (Fsp3) is 0.900. The molecule has 2 rings (SSSR count). The Balaban J connectivity index is 1.99. The average Bonchev–Trinajstić information content (AvgIpc) is 2.19. The summed E-state index contributed by atoms with van der Waals surface area (Å²) in [4.78, 5) is 10.6. The van der Waals surface area contributed by atoms with E-state index in [-0.39, 0.29) is 6.10 Å². The van der Waals surface area contributed by atoms with E-state index >= 15 is 0 Å². The van der Waals surface area contributed by atoms with Crippen molar-refractivity contribution in [3.05, 3.63) is 0 Å². The van der Waals surface area contributed by atoms with E-state index in [1.54, 1.807) is 0 Å². The second-order valence-corrected chi connectivity index (χ2v) is 3.90. The molecule has 0 aromatic carbocycles. The van der Waals surface area contributed by atoms with Gasteiger partial charge in [0, 0.05) is 12.8 Å². The van der Waals surface area contributed by atoms with Gasteiger partial charge in [0.25, 0.3) is 0 Å². The molecule has 2 fully saturated rings. The number of carbonyl (C=O) groups is 1. The SMILES string of the molecule is O=C[C@@H]1CCC[C@]2(CCCCO2)O1. The highest BCUT2D eigenvalue weighted by atomic mass is 16.7. The highest BCUT2D eigenvalue weighted by Gasteiger charge is 2.39. The molecular formula is C10H16O3. The highest BCUT2D eigenvalue weighted by molar-refractivity contribution is 5.56. The van der Waals surface area contributed by atoms with Gasteiger partial charge in [0.05, 0.1) is 6.61 Å². The van der Waals surface area contributed by atoms with Crippen molar-refractivity contribution in [2.24, 2.45) is 0 Å². The molecule has 0 N–H and O–H groups in total. The summed E-state index contributed by atoms with van der Waals surface area (Å²) >= 11 is 0. The summed E-state index contributed by atoms with van der Waals surface area (Å²) in [6, 6.07) is 0. The first-order valence-electron chi connectivity index (χ1n) is 5.12. The Morgan fingerprint density at radius 1 is 1.23 bits per heavy atom. The lowest BCUT2D eigenvalue weighted by molar-refractivity contribution is -0.287. The van der Waals surface area contributed by atoms with Crippen LogP contribution < -0.4 is 0 Å². The molecule has 2 aliphatic rings. The van der Waals surface area contributed by atoms with Crippen LogP contribution in [0.15, 0.2) is 0 Å². The molecule has 0 aromatic heterocycles. The van der Waals surface area contributed by atoms with E-state index in [2.05, 4.69) is 0 Å². The molecule has 0 unspecified atom stereocenters. The molecule has 74 valence electrons. The summed E-state index contributed by atoms with van der Waals surface area (Å²) in [6.45, 7) is 0.783. The third-order valence-electron chi connectivity index (χ3n) is 2.88. The Hall–Kier alpha value is -0.410. The van der Waals surface area contributed by atoms with Crippen LogP contribution in [0, 0.1) is 0 Å². The van der Waals surface area contributed by atoms with Crippen molar-refractivity contribution in [3.63, 3.8) is 0 Å². The van der Waals surface area contributed by atoms with Crippen molar-refractivity contribution in [3.8, 4) is 0 Å². The van der Waals surface area contributed by atoms with Crippen molar-refractivity contribution < 1.29 is 14.3 Å². The van der Waals surface area contributed by atoms with Gasteiger partial charge < -0.3 is 14.3 Å². The van der Waals surface area contributed by atoms with Gasteiger partial charge in [-0.2, -0.15) is 0 Å². The van der Waals surface area contributed by atoms with Gasteiger partial charge in [-0.15, -0.1) is 0 Å². The molecule has 2 heterocycles. The maximum Gasteiger partial charge on any atom is 0.169 e. The van der Waals surface area contributed by atoms with Gasteiger partial charge in [-0.25, -0.2) is 0 Å². The number of hydrogen-bond donors (Lipinski definition) is 0. The third kappa shape index (κ3) is 1.92. The first kappa shape index (κ1) is 9.16. The second kappa shape index (κ2) is 3.76. The van der Waals surface area contributed by atoms with E-state index in [0.29, 0.717) is 0 Å². The topological polar surface area (TPSA) is 35.5 Å². The Labute approximate surface area is 78.4 Å².